The number of nitrogens with one attached hydrogen (secondary N) is 1. The Balaban J connectivity index is 2.20. The van der Waals surface area contributed by atoms with Crippen LogP contribution in [-0.2, 0) is 23.9 Å². The summed E-state index contributed by atoms with van der Waals surface area (Å²) in [5.74, 6) is -1.26. The van der Waals surface area contributed by atoms with Gasteiger partial charge >= 0.3 is 0 Å². The summed E-state index contributed by atoms with van der Waals surface area (Å²) in [6.07, 6.45) is -1.55. The van der Waals surface area contributed by atoms with E-state index in [1.807, 2.05) is 12.2 Å². The Kier molecular flexibility index (Phi) is 3.18. The lowest BCUT2D eigenvalue weighted by atomic mass is 10.2. The van der Waals surface area contributed by atoms with E-state index in [0.29, 0.717) is 0 Å². The van der Waals surface area contributed by atoms with Crippen molar-refractivity contribution < 1.29 is 22.2 Å². The van der Waals surface area contributed by atoms with Crippen molar-refractivity contribution in [3.8, 4) is 0 Å². The fourth-order valence-corrected chi connectivity index (χ4v) is 2.56. The maximum Gasteiger partial charge on any atom is 0.297 e. The van der Waals surface area contributed by atoms with Gasteiger partial charge in [0.25, 0.3) is 16.0 Å². The summed E-state index contributed by atoms with van der Waals surface area (Å²) >= 11 is 0. The van der Waals surface area contributed by atoms with Gasteiger partial charge in [0.05, 0.1) is 11.3 Å². The van der Waals surface area contributed by atoms with Crippen LogP contribution in [0, 0.1) is 6.92 Å². The van der Waals surface area contributed by atoms with E-state index in [4.69, 9.17) is 4.18 Å². The van der Waals surface area contributed by atoms with E-state index in [9.17, 15) is 18.0 Å². The molecule has 96 valence electrons. The van der Waals surface area contributed by atoms with Crippen LogP contribution in [0.2, 0.25) is 0 Å². The molecule has 18 heavy (non-hydrogen) atoms. The van der Waals surface area contributed by atoms with Crippen LogP contribution < -0.4 is 5.32 Å². The molecule has 1 unspecified atom stereocenters. The lowest BCUT2D eigenvalue weighted by molar-refractivity contribution is -0.126. The highest BCUT2D eigenvalue weighted by Gasteiger charge is 2.35. The smallest absolute Gasteiger partial charge is 0.294 e. The van der Waals surface area contributed by atoms with Crippen molar-refractivity contribution in [1.29, 1.82) is 0 Å². The molecule has 1 aliphatic heterocycles. The number of hydrogen-bond donors (Lipinski definition) is 1. The first-order valence-corrected chi connectivity index (χ1v) is 6.63. The highest BCUT2D eigenvalue weighted by atomic mass is 32.2. The predicted molar refractivity (Wildman–Crippen MR) is 61.0 cm³/mol. The second-order valence-electron chi connectivity index (χ2n) is 3.97. The van der Waals surface area contributed by atoms with Gasteiger partial charge in [0.1, 0.15) is 0 Å². The van der Waals surface area contributed by atoms with E-state index in [1.54, 1.807) is 12.1 Å². The van der Waals surface area contributed by atoms with Gasteiger partial charge in [0.15, 0.2) is 6.10 Å². The van der Waals surface area contributed by atoms with Crippen molar-refractivity contribution in [2.45, 2.75) is 24.3 Å². The van der Waals surface area contributed by atoms with Gasteiger partial charge < -0.3 is 0 Å². The van der Waals surface area contributed by atoms with E-state index >= 15 is 0 Å². The monoisotopic (exact) mass is 269 g/mol. The fraction of sp³-hybridized carbons (Fsp3) is 0.273. The zero-order valence-corrected chi connectivity index (χ0v) is 10.4. The zero-order valence-electron chi connectivity index (χ0n) is 9.54. The van der Waals surface area contributed by atoms with Gasteiger partial charge in [0, 0.05) is 0 Å². The summed E-state index contributed by atoms with van der Waals surface area (Å²) < 4.78 is 28.4. The average Bonchev–Trinajstić information content (AvgIpc) is 2.57. The van der Waals surface area contributed by atoms with Gasteiger partial charge in [-0.05, 0) is 19.1 Å². The molecule has 0 radical (unpaired) electrons. The van der Waals surface area contributed by atoms with Crippen molar-refractivity contribution in [2.24, 2.45) is 0 Å². The molecule has 1 aromatic rings. The predicted octanol–water partition coefficient (Wildman–Crippen LogP) is 0.115. The number of amides is 2. The molecule has 1 fully saturated rings. The third kappa shape index (κ3) is 2.57. The maximum absolute atomic E-state index is 11.8. The molecule has 0 aliphatic carbocycles. The van der Waals surface area contributed by atoms with Gasteiger partial charge in [0.2, 0.25) is 5.91 Å². The molecule has 1 heterocycles. The van der Waals surface area contributed by atoms with E-state index in [0.717, 1.165) is 5.56 Å². The molecular formula is C11H11NO5S. The Labute approximate surface area is 104 Å². The molecule has 1 saturated heterocycles. The third-order valence-corrected chi connectivity index (χ3v) is 3.81. The molecule has 6 nitrogen and oxygen atoms in total. The summed E-state index contributed by atoms with van der Waals surface area (Å²) in [4.78, 5) is 22.1. The Morgan fingerprint density at radius 3 is 2.33 bits per heavy atom. The molecule has 2 amide bonds. The van der Waals surface area contributed by atoms with Crippen LogP contribution in [0.1, 0.15) is 12.0 Å². The molecule has 1 N–H and O–H groups in total. The van der Waals surface area contributed by atoms with Crippen LogP contribution in [0.5, 0.6) is 0 Å². The fourth-order valence-electron chi connectivity index (χ4n) is 1.52. The lowest BCUT2D eigenvalue weighted by Gasteiger charge is -2.08. The molecule has 2 rings (SSSR count). The summed E-state index contributed by atoms with van der Waals surface area (Å²) in [6.45, 7) is 1.82. The molecule has 0 bridgehead atoms. The Hall–Kier alpha value is -1.73. The number of hydrogen-bond acceptors (Lipinski definition) is 5. The molecule has 1 atom stereocenters. The lowest BCUT2D eigenvalue weighted by Crippen LogP contribution is -2.28. The SMILES string of the molecule is Cc1ccc(S(=O)(=O)OC2CC(=O)NC2=O)cc1. The second-order valence-corrected chi connectivity index (χ2v) is 5.54. The van der Waals surface area contributed by atoms with Crippen LogP contribution in [0.25, 0.3) is 0 Å². The van der Waals surface area contributed by atoms with E-state index in [1.165, 1.54) is 12.1 Å². The minimum Gasteiger partial charge on any atom is -0.294 e. The number of aryl methyl sites for hydroxylation is 1. The maximum atomic E-state index is 11.8. The molecule has 0 saturated carbocycles. The van der Waals surface area contributed by atoms with Gasteiger partial charge in [-0.3, -0.25) is 19.1 Å². The topological polar surface area (TPSA) is 89.5 Å². The Morgan fingerprint density at radius 1 is 1.22 bits per heavy atom. The standard InChI is InChI=1S/C11H11NO5S/c1-7-2-4-8(5-3-7)18(15,16)17-9-6-10(13)12-11(9)14/h2-5,9H,6H2,1H3,(H,12,13,14). The minimum atomic E-state index is -4.03. The van der Waals surface area contributed by atoms with E-state index < -0.39 is 28.0 Å². The van der Waals surface area contributed by atoms with Crippen molar-refractivity contribution in [3.05, 3.63) is 29.8 Å². The number of carbonyl (C=O) groups excluding carboxylic acids is 2. The van der Waals surface area contributed by atoms with Crippen LogP contribution in [-0.4, -0.2) is 26.3 Å². The highest BCUT2D eigenvalue weighted by molar-refractivity contribution is 7.86. The Morgan fingerprint density at radius 2 is 1.83 bits per heavy atom. The zero-order chi connectivity index (χ0) is 13.3. The highest BCUT2D eigenvalue weighted by Crippen LogP contribution is 2.18. The summed E-state index contributed by atoms with van der Waals surface area (Å²) in [7, 11) is -4.03. The van der Waals surface area contributed by atoms with Gasteiger partial charge in [-0.1, -0.05) is 17.7 Å². The third-order valence-electron chi connectivity index (χ3n) is 2.48. The summed E-state index contributed by atoms with van der Waals surface area (Å²) in [6, 6.07) is 6.02. The number of benzene rings is 1. The van der Waals surface area contributed by atoms with Crippen LogP contribution >= 0.6 is 0 Å². The van der Waals surface area contributed by atoms with Crippen molar-refractivity contribution >= 4 is 21.9 Å². The number of carbonyl (C=O) groups is 2. The van der Waals surface area contributed by atoms with Gasteiger partial charge in [-0.15, -0.1) is 0 Å². The molecule has 0 aromatic heterocycles. The Bertz CT molecular complexity index is 590. The molecule has 7 heteroatoms. The van der Waals surface area contributed by atoms with Crippen LogP contribution in [0.15, 0.2) is 29.2 Å². The molecular weight excluding hydrogens is 258 g/mol. The average molecular weight is 269 g/mol. The molecule has 1 aliphatic rings. The van der Waals surface area contributed by atoms with E-state index in [2.05, 4.69) is 0 Å². The second kappa shape index (κ2) is 4.51. The number of imide groups is 1. The first-order valence-electron chi connectivity index (χ1n) is 5.22. The first-order chi connectivity index (χ1) is 8.38. The number of rotatable bonds is 3. The summed E-state index contributed by atoms with van der Waals surface area (Å²) in [5, 5.41) is 1.98. The molecule has 1 aromatic carbocycles. The quantitative estimate of drug-likeness (QED) is 0.621. The first kappa shape index (κ1) is 12.7. The van der Waals surface area contributed by atoms with Crippen molar-refractivity contribution in [2.75, 3.05) is 0 Å². The normalized spacial score (nSPS) is 19.9. The van der Waals surface area contributed by atoms with Crippen molar-refractivity contribution in [3.63, 3.8) is 0 Å². The summed E-state index contributed by atoms with van der Waals surface area (Å²) in [5.41, 5.74) is 0.905. The minimum absolute atomic E-state index is 0.0414. The molecule has 0 spiro atoms. The van der Waals surface area contributed by atoms with Crippen molar-refractivity contribution in [1.82, 2.24) is 5.32 Å². The van der Waals surface area contributed by atoms with Gasteiger partial charge in [-0.25, -0.2) is 0 Å². The largest absolute Gasteiger partial charge is 0.297 e. The van der Waals surface area contributed by atoms with Gasteiger partial charge in [-0.2, -0.15) is 8.42 Å². The van der Waals surface area contributed by atoms with E-state index in [-0.39, 0.29) is 11.3 Å². The van der Waals surface area contributed by atoms with Crippen LogP contribution in [0.3, 0.4) is 0 Å². The van der Waals surface area contributed by atoms with Crippen LogP contribution in [0.4, 0.5) is 0 Å².